The third kappa shape index (κ3) is 1.89. The van der Waals surface area contributed by atoms with Gasteiger partial charge in [-0.1, -0.05) is 50.2 Å². The van der Waals surface area contributed by atoms with Gasteiger partial charge in [-0.15, -0.1) is 11.3 Å². The fourth-order valence-electron chi connectivity index (χ4n) is 3.33. The van der Waals surface area contributed by atoms with Crippen LogP contribution in [0.15, 0.2) is 64.5 Å². The normalized spacial score (nSPS) is 15.3. The van der Waals surface area contributed by atoms with E-state index in [4.69, 9.17) is 0 Å². The molecule has 1 nitrogen and oxygen atoms in total. The highest BCUT2D eigenvalue weighted by Gasteiger charge is 2.37. The second-order valence-corrected chi connectivity index (χ2v) is 7.82. The standard InChI is InChI=1S/C19H16BrNS/c1-19(2)13-7-3-5-9-16(13)21(18-15(20)11-12-22-18)17-10-6-4-8-14(17)19/h3-12H,1-2H3. The second-order valence-electron chi connectivity index (χ2n) is 6.07. The van der Waals surface area contributed by atoms with E-state index in [1.54, 1.807) is 11.3 Å². The molecule has 3 aromatic rings. The Bertz CT molecular complexity index is 800. The summed E-state index contributed by atoms with van der Waals surface area (Å²) >= 11 is 5.47. The van der Waals surface area contributed by atoms with Gasteiger partial charge >= 0.3 is 0 Å². The van der Waals surface area contributed by atoms with Crippen LogP contribution in [0.2, 0.25) is 0 Å². The van der Waals surface area contributed by atoms with Crippen molar-refractivity contribution in [2.75, 3.05) is 4.90 Å². The summed E-state index contributed by atoms with van der Waals surface area (Å²) in [6.07, 6.45) is 0. The monoisotopic (exact) mass is 369 g/mol. The molecule has 22 heavy (non-hydrogen) atoms. The number of nitrogens with zero attached hydrogens (tertiary/aromatic N) is 1. The van der Waals surface area contributed by atoms with Crippen molar-refractivity contribution in [1.29, 1.82) is 0 Å². The van der Waals surface area contributed by atoms with Crippen molar-refractivity contribution in [3.63, 3.8) is 0 Å². The molecule has 1 aliphatic rings. The molecular formula is C19H16BrNS. The zero-order valence-corrected chi connectivity index (χ0v) is 14.9. The molecule has 0 saturated heterocycles. The fraction of sp³-hybridized carbons (Fsp3) is 0.158. The van der Waals surface area contributed by atoms with Crippen LogP contribution < -0.4 is 4.90 Å². The highest BCUT2D eigenvalue weighted by molar-refractivity contribution is 9.10. The first kappa shape index (κ1) is 14.0. The summed E-state index contributed by atoms with van der Waals surface area (Å²) in [6, 6.07) is 19.6. The minimum atomic E-state index is 0.00736. The smallest absolute Gasteiger partial charge is 0.114 e. The van der Waals surface area contributed by atoms with E-state index < -0.39 is 0 Å². The molecule has 0 spiro atoms. The summed E-state index contributed by atoms with van der Waals surface area (Å²) in [5.74, 6) is 0. The van der Waals surface area contributed by atoms with Crippen molar-refractivity contribution in [3.8, 4) is 0 Å². The Morgan fingerprint density at radius 3 is 1.91 bits per heavy atom. The zero-order chi connectivity index (χ0) is 15.3. The average Bonchev–Trinajstić information content (AvgIpc) is 2.94. The summed E-state index contributed by atoms with van der Waals surface area (Å²) in [5.41, 5.74) is 5.29. The van der Waals surface area contributed by atoms with Gasteiger partial charge in [0.15, 0.2) is 0 Å². The van der Waals surface area contributed by atoms with Crippen molar-refractivity contribution < 1.29 is 0 Å². The zero-order valence-electron chi connectivity index (χ0n) is 12.5. The number of hydrogen-bond donors (Lipinski definition) is 0. The minimum absolute atomic E-state index is 0.00736. The molecule has 0 aliphatic carbocycles. The largest absolute Gasteiger partial charge is 0.300 e. The highest BCUT2D eigenvalue weighted by Crippen LogP contribution is 2.53. The van der Waals surface area contributed by atoms with Crippen LogP contribution in [-0.4, -0.2) is 0 Å². The van der Waals surface area contributed by atoms with Gasteiger partial charge in [0, 0.05) is 5.41 Å². The topological polar surface area (TPSA) is 3.24 Å². The van der Waals surface area contributed by atoms with Gasteiger partial charge in [0.2, 0.25) is 0 Å². The number of anilines is 3. The van der Waals surface area contributed by atoms with Gasteiger partial charge in [0.05, 0.1) is 15.8 Å². The first-order valence-corrected chi connectivity index (χ1v) is 9.00. The predicted molar refractivity (Wildman–Crippen MR) is 98.8 cm³/mol. The Balaban J connectivity index is 2.07. The third-order valence-corrected chi connectivity index (χ3v) is 6.24. The van der Waals surface area contributed by atoms with Gasteiger partial charge in [0.25, 0.3) is 0 Å². The quantitative estimate of drug-likeness (QED) is 0.465. The fourth-order valence-corrected chi connectivity index (χ4v) is 4.91. The third-order valence-electron chi connectivity index (χ3n) is 4.44. The number of para-hydroxylation sites is 2. The van der Waals surface area contributed by atoms with Crippen LogP contribution >= 0.6 is 27.3 Å². The number of fused-ring (bicyclic) bond motifs is 2. The van der Waals surface area contributed by atoms with Gasteiger partial charge in [-0.25, -0.2) is 0 Å². The van der Waals surface area contributed by atoms with Crippen LogP contribution in [0.4, 0.5) is 16.4 Å². The molecule has 110 valence electrons. The first-order valence-electron chi connectivity index (χ1n) is 7.33. The average molecular weight is 370 g/mol. The van der Waals surface area contributed by atoms with E-state index >= 15 is 0 Å². The minimum Gasteiger partial charge on any atom is -0.300 e. The maximum absolute atomic E-state index is 3.70. The molecule has 0 unspecified atom stereocenters. The van der Waals surface area contributed by atoms with Crippen molar-refractivity contribution in [3.05, 3.63) is 75.6 Å². The van der Waals surface area contributed by atoms with Crippen LogP contribution in [0.1, 0.15) is 25.0 Å². The lowest BCUT2D eigenvalue weighted by Gasteiger charge is -2.41. The molecule has 0 saturated carbocycles. The molecule has 3 heteroatoms. The lowest BCUT2D eigenvalue weighted by molar-refractivity contribution is 0.632. The Morgan fingerprint density at radius 2 is 1.41 bits per heavy atom. The Labute approximate surface area is 143 Å². The second kappa shape index (κ2) is 4.97. The van der Waals surface area contributed by atoms with Gasteiger partial charge in [-0.05, 0) is 50.6 Å². The molecule has 2 aromatic carbocycles. The number of hydrogen-bond acceptors (Lipinski definition) is 2. The highest BCUT2D eigenvalue weighted by atomic mass is 79.9. The molecule has 0 atom stereocenters. The van der Waals surface area contributed by atoms with Gasteiger partial charge in [-0.2, -0.15) is 0 Å². The summed E-state index contributed by atoms with van der Waals surface area (Å²) in [4.78, 5) is 2.38. The van der Waals surface area contributed by atoms with Crippen LogP contribution in [0.3, 0.4) is 0 Å². The maximum atomic E-state index is 3.70. The molecule has 1 aliphatic heterocycles. The summed E-state index contributed by atoms with van der Waals surface area (Å²) < 4.78 is 1.14. The number of benzene rings is 2. The van der Waals surface area contributed by atoms with E-state index in [2.05, 4.69) is 94.7 Å². The van der Waals surface area contributed by atoms with Gasteiger partial charge < -0.3 is 4.90 Å². The van der Waals surface area contributed by atoms with E-state index in [1.165, 1.54) is 27.5 Å². The van der Waals surface area contributed by atoms with Crippen molar-refractivity contribution in [1.82, 2.24) is 0 Å². The van der Waals surface area contributed by atoms with Crippen molar-refractivity contribution >= 4 is 43.6 Å². The number of rotatable bonds is 1. The lowest BCUT2D eigenvalue weighted by atomic mass is 9.74. The molecule has 0 radical (unpaired) electrons. The summed E-state index contributed by atoms with van der Waals surface area (Å²) in [6.45, 7) is 4.62. The van der Waals surface area contributed by atoms with Crippen molar-refractivity contribution in [2.24, 2.45) is 0 Å². The number of halogens is 1. The molecule has 0 fully saturated rings. The van der Waals surface area contributed by atoms with Gasteiger partial charge in [-0.3, -0.25) is 0 Å². The van der Waals surface area contributed by atoms with E-state index in [0.29, 0.717) is 0 Å². The van der Waals surface area contributed by atoms with E-state index in [1.807, 2.05) is 0 Å². The Morgan fingerprint density at radius 1 is 0.864 bits per heavy atom. The first-order chi connectivity index (χ1) is 10.6. The maximum Gasteiger partial charge on any atom is 0.114 e. The molecule has 0 N–H and O–H groups in total. The number of thiophene rings is 1. The van der Waals surface area contributed by atoms with E-state index in [-0.39, 0.29) is 5.41 Å². The molecular weight excluding hydrogens is 354 g/mol. The predicted octanol–water partition coefficient (Wildman–Crippen LogP) is 6.62. The SMILES string of the molecule is CC1(C)c2ccccc2N(c2sccc2Br)c2ccccc21. The molecule has 2 heterocycles. The Hall–Kier alpha value is -1.58. The molecule has 0 bridgehead atoms. The summed E-state index contributed by atoms with van der Waals surface area (Å²) in [7, 11) is 0. The Kier molecular flexibility index (Phi) is 3.17. The van der Waals surface area contributed by atoms with E-state index in [0.717, 1.165) is 4.47 Å². The van der Waals surface area contributed by atoms with Gasteiger partial charge in [0.1, 0.15) is 5.00 Å². The van der Waals surface area contributed by atoms with Crippen LogP contribution in [-0.2, 0) is 5.41 Å². The van der Waals surface area contributed by atoms with E-state index in [9.17, 15) is 0 Å². The van der Waals surface area contributed by atoms with Crippen molar-refractivity contribution in [2.45, 2.75) is 19.3 Å². The lowest BCUT2D eigenvalue weighted by Crippen LogP contribution is -2.30. The van der Waals surface area contributed by atoms with Crippen LogP contribution in [0.5, 0.6) is 0 Å². The molecule has 4 rings (SSSR count). The summed E-state index contributed by atoms with van der Waals surface area (Å²) in [5, 5.41) is 3.36. The molecule has 1 aromatic heterocycles. The van der Waals surface area contributed by atoms with Crippen LogP contribution in [0, 0.1) is 0 Å². The molecule has 0 amide bonds. The van der Waals surface area contributed by atoms with Crippen LogP contribution in [0.25, 0.3) is 0 Å².